The maximum Gasteiger partial charge on any atom is 0.271 e. The lowest BCUT2D eigenvalue weighted by Crippen LogP contribution is -2.16. The normalized spacial score (nSPS) is 14.0. The van der Waals surface area contributed by atoms with Crippen LogP contribution in [0, 0.1) is 5.82 Å². The van der Waals surface area contributed by atoms with Crippen LogP contribution in [-0.2, 0) is 6.61 Å². The van der Waals surface area contributed by atoms with Gasteiger partial charge in [0, 0.05) is 12.2 Å². The number of nitrogens with one attached hydrogen (secondary N) is 1. The molecular weight excluding hydrogens is 397 g/mol. The van der Waals surface area contributed by atoms with Crippen LogP contribution < -0.4 is 15.7 Å². The average molecular weight is 413 g/mol. The Morgan fingerprint density at radius 3 is 2.86 bits per heavy atom. The number of hydrogen-bond acceptors (Lipinski definition) is 6. The number of aliphatic hydroxyl groups is 1. The number of H-pyrrole nitrogens is 1. The van der Waals surface area contributed by atoms with Gasteiger partial charge in [-0.1, -0.05) is 0 Å². The molecule has 148 valence electrons. The predicted octanol–water partition coefficient (Wildman–Crippen LogP) is 2.94. The summed E-state index contributed by atoms with van der Waals surface area (Å²) in [5, 5.41) is 9.56. The molecule has 1 aromatic carbocycles. The average Bonchev–Trinajstić information content (AvgIpc) is 3.49. The number of hydrogen-bond donors (Lipinski definition) is 2. The summed E-state index contributed by atoms with van der Waals surface area (Å²) < 4.78 is 25.4. The molecule has 3 aromatic heterocycles. The van der Waals surface area contributed by atoms with Gasteiger partial charge in [0.25, 0.3) is 5.56 Å². The summed E-state index contributed by atoms with van der Waals surface area (Å²) in [7, 11) is 1.43. The molecule has 4 aromatic rings. The number of methoxy groups -OCH3 is 1. The number of nitrogens with zero attached hydrogens (tertiary/aromatic N) is 2. The number of aliphatic hydroxyl groups excluding tert-OH is 1. The number of ether oxygens (including phenoxy) is 1. The number of aromatic amines is 1. The van der Waals surface area contributed by atoms with Gasteiger partial charge in [-0.25, -0.2) is 4.39 Å². The van der Waals surface area contributed by atoms with E-state index in [-0.39, 0.29) is 34.7 Å². The second-order valence-electron chi connectivity index (χ2n) is 7.00. The lowest BCUT2D eigenvalue weighted by Gasteiger charge is -2.18. The number of aromatic nitrogens is 3. The van der Waals surface area contributed by atoms with Crippen LogP contribution in [0.2, 0.25) is 0 Å². The van der Waals surface area contributed by atoms with Crippen molar-refractivity contribution >= 4 is 32.7 Å². The van der Waals surface area contributed by atoms with Crippen LogP contribution in [0.5, 0.6) is 5.75 Å². The minimum absolute atomic E-state index is 0.0510. The van der Waals surface area contributed by atoms with E-state index >= 15 is 4.39 Å². The van der Waals surface area contributed by atoms with Crippen LogP contribution in [0.3, 0.4) is 0 Å². The first-order valence-corrected chi connectivity index (χ1v) is 9.88. The molecule has 0 amide bonds. The van der Waals surface area contributed by atoms with Crippen molar-refractivity contribution in [3.63, 3.8) is 0 Å². The smallest absolute Gasteiger partial charge is 0.271 e. The van der Waals surface area contributed by atoms with Crippen molar-refractivity contribution in [1.29, 1.82) is 0 Å². The summed E-state index contributed by atoms with van der Waals surface area (Å²) in [6.07, 6.45) is 3.29. The van der Waals surface area contributed by atoms with E-state index < -0.39 is 16.8 Å². The molecule has 7 nitrogen and oxygen atoms in total. The molecule has 0 aliphatic heterocycles. The van der Waals surface area contributed by atoms with Crippen molar-refractivity contribution in [2.45, 2.75) is 25.5 Å². The molecule has 1 aliphatic carbocycles. The van der Waals surface area contributed by atoms with Gasteiger partial charge in [0.15, 0.2) is 5.75 Å². The third-order valence-electron chi connectivity index (χ3n) is 5.20. The van der Waals surface area contributed by atoms with Crippen molar-refractivity contribution in [2.24, 2.45) is 0 Å². The number of benzene rings is 1. The summed E-state index contributed by atoms with van der Waals surface area (Å²) in [5.41, 5.74) is 0.565. The predicted molar refractivity (Wildman–Crippen MR) is 108 cm³/mol. The fraction of sp³-hybridized carbons (Fsp3) is 0.250. The van der Waals surface area contributed by atoms with Gasteiger partial charge in [-0.3, -0.25) is 18.9 Å². The first-order valence-electron chi connectivity index (χ1n) is 9.07. The number of halogens is 1. The molecule has 0 atom stereocenters. The van der Waals surface area contributed by atoms with E-state index in [1.165, 1.54) is 19.4 Å². The zero-order chi connectivity index (χ0) is 20.3. The molecular formula is C20H16FN3O4S. The topological polar surface area (TPSA) is 97.2 Å². The molecule has 0 unspecified atom stereocenters. The van der Waals surface area contributed by atoms with E-state index in [9.17, 15) is 14.7 Å². The maximum absolute atomic E-state index is 15.2. The SMILES string of the molecule is COc1c(-c2ccnc(CO)c2)c(F)cc2c(=O)c3c(=O)[nH]sc3n(C3CC3)c12. The molecule has 9 heteroatoms. The Bertz CT molecular complexity index is 1400. The van der Waals surface area contributed by atoms with Crippen LogP contribution in [0.1, 0.15) is 24.6 Å². The van der Waals surface area contributed by atoms with Gasteiger partial charge < -0.3 is 14.4 Å². The van der Waals surface area contributed by atoms with Gasteiger partial charge in [-0.2, -0.15) is 0 Å². The van der Waals surface area contributed by atoms with Crippen LogP contribution >= 0.6 is 11.5 Å². The highest BCUT2D eigenvalue weighted by Gasteiger charge is 2.31. The van der Waals surface area contributed by atoms with Crippen molar-refractivity contribution < 1.29 is 14.2 Å². The Balaban J connectivity index is 1.98. The fourth-order valence-electron chi connectivity index (χ4n) is 3.80. The van der Waals surface area contributed by atoms with Crippen molar-refractivity contribution in [1.82, 2.24) is 13.9 Å². The highest BCUT2D eigenvalue weighted by Crippen LogP contribution is 2.45. The summed E-state index contributed by atoms with van der Waals surface area (Å²) in [6, 6.07) is 4.49. The van der Waals surface area contributed by atoms with E-state index in [4.69, 9.17) is 4.74 Å². The standard InChI is InChI=1S/C20H16FN3O4S/c1-28-18-14(9-4-5-22-10(6-9)8-25)13(21)7-12-16(18)24(11-2-3-11)20-15(17(12)26)19(27)23-29-20/h4-7,11,25H,2-3,8H2,1H3,(H,23,27). The molecule has 2 N–H and O–H groups in total. The first kappa shape index (κ1) is 18.0. The second kappa shape index (κ2) is 6.50. The number of fused-ring (bicyclic) bond motifs is 2. The van der Waals surface area contributed by atoms with E-state index in [2.05, 4.69) is 9.36 Å². The summed E-state index contributed by atoms with van der Waals surface area (Å²) in [5.74, 6) is -0.420. The van der Waals surface area contributed by atoms with Crippen molar-refractivity contribution in [2.75, 3.05) is 7.11 Å². The fourth-order valence-corrected chi connectivity index (χ4v) is 4.72. The van der Waals surface area contributed by atoms with E-state index in [0.29, 0.717) is 21.6 Å². The Morgan fingerprint density at radius 2 is 2.17 bits per heavy atom. The highest BCUT2D eigenvalue weighted by atomic mass is 32.1. The molecule has 1 fully saturated rings. The molecule has 3 heterocycles. The van der Waals surface area contributed by atoms with Gasteiger partial charge >= 0.3 is 0 Å². The van der Waals surface area contributed by atoms with E-state index in [1.54, 1.807) is 12.1 Å². The van der Waals surface area contributed by atoms with Crippen LogP contribution in [0.25, 0.3) is 32.2 Å². The maximum atomic E-state index is 15.2. The van der Waals surface area contributed by atoms with Gasteiger partial charge in [-0.15, -0.1) is 0 Å². The van der Waals surface area contributed by atoms with E-state index in [1.807, 2.05) is 4.57 Å². The van der Waals surface area contributed by atoms with Gasteiger partial charge in [0.05, 0.1) is 35.9 Å². The Kier molecular flexibility index (Phi) is 4.04. The highest BCUT2D eigenvalue weighted by molar-refractivity contribution is 7.12. The Hall–Kier alpha value is -3.04. The minimum Gasteiger partial charge on any atom is -0.494 e. The summed E-state index contributed by atoms with van der Waals surface area (Å²) in [4.78, 5) is 29.8. The van der Waals surface area contributed by atoms with Gasteiger partial charge in [0.2, 0.25) is 5.43 Å². The third kappa shape index (κ3) is 2.61. The lowest BCUT2D eigenvalue weighted by molar-refractivity contribution is 0.277. The van der Waals surface area contributed by atoms with Gasteiger partial charge in [-0.05, 0) is 48.1 Å². The minimum atomic E-state index is -0.644. The molecule has 1 aliphatic rings. The molecule has 0 spiro atoms. The van der Waals surface area contributed by atoms with Crippen LogP contribution in [0.15, 0.2) is 34.0 Å². The van der Waals surface area contributed by atoms with Crippen LogP contribution in [0.4, 0.5) is 4.39 Å². The molecule has 0 saturated heterocycles. The largest absolute Gasteiger partial charge is 0.494 e. The number of pyridine rings is 2. The molecule has 1 saturated carbocycles. The van der Waals surface area contributed by atoms with Gasteiger partial charge in [0.1, 0.15) is 16.0 Å². The molecule has 0 radical (unpaired) electrons. The molecule has 0 bridgehead atoms. The monoisotopic (exact) mass is 413 g/mol. The Morgan fingerprint density at radius 1 is 1.38 bits per heavy atom. The quantitative estimate of drug-likeness (QED) is 0.536. The lowest BCUT2D eigenvalue weighted by atomic mass is 10.0. The summed E-state index contributed by atoms with van der Waals surface area (Å²) in [6.45, 7) is -0.282. The van der Waals surface area contributed by atoms with Crippen LogP contribution in [-0.4, -0.2) is 26.1 Å². The zero-order valence-corrected chi connectivity index (χ0v) is 16.2. The van der Waals surface area contributed by atoms with E-state index in [0.717, 1.165) is 24.4 Å². The summed E-state index contributed by atoms with van der Waals surface area (Å²) >= 11 is 1.10. The Labute approximate surface area is 167 Å². The van der Waals surface area contributed by atoms with Crippen molar-refractivity contribution in [3.8, 4) is 16.9 Å². The molecule has 5 rings (SSSR count). The first-order chi connectivity index (χ1) is 14.0. The number of rotatable bonds is 4. The third-order valence-corrected chi connectivity index (χ3v) is 6.08. The molecule has 29 heavy (non-hydrogen) atoms. The van der Waals surface area contributed by atoms with Crippen molar-refractivity contribution in [3.05, 3.63) is 56.5 Å². The second-order valence-corrected chi connectivity index (χ2v) is 7.80. The zero-order valence-electron chi connectivity index (χ0n) is 15.4.